The van der Waals surface area contributed by atoms with E-state index in [4.69, 9.17) is 11.6 Å². The van der Waals surface area contributed by atoms with Gasteiger partial charge in [-0.1, -0.05) is 60.1 Å². The molecule has 3 amide bonds. The van der Waals surface area contributed by atoms with Crippen LogP contribution in [0.3, 0.4) is 0 Å². The van der Waals surface area contributed by atoms with Gasteiger partial charge in [0, 0.05) is 16.1 Å². The number of benzene rings is 2. The fourth-order valence-corrected chi connectivity index (χ4v) is 3.07. The second kappa shape index (κ2) is 6.09. The molecule has 122 valence electrons. The largest absolute Gasteiger partial charge is 0.325 e. The number of urea groups is 1. The smallest absolute Gasteiger partial charge is 0.319 e. The number of carbonyl (C=O) groups excluding carboxylic acids is 3. The van der Waals surface area contributed by atoms with Crippen molar-refractivity contribution in [1.82, 2.24) is 10.2 Å². The van der Waals surface area contributed by atoms with Crippen LogP contribution >= 0.6 is 11.6 Å². The van der Waals surface area contributed by atoms with Crippen molar-refractivity contribution in [3.05, 3.63) is 70.7 Å². The number of carbonyl (C=O) groups is 3. The molecule has 1 N–H and O–H groups in total. The number of rotatable bonds is 4. The molecule has 1 aliphatic rings. The predicted octanol–water partition coefficient (Wildman–Crippen LogP) is 2.99. The summed E-state index contributed by atoms with van der Waals surface area (Å²) in [5.74, 6) is -0.799. The van der Waals surface area contributed by atoms with Crippen LogP contribution in [-0.4, -0.2) is 29.2 Å². The Labute approximate surface area is 144 Å². The third kappa shape index (κ3) is 2.67. The molecule has 2 aromatic carbocycles. The maximum atomic E-state index is 12.8. The number of halogens is 1. The molecular formula is C18H15ClN2O3. The van der Waals surface area contributed by atoms with Crippen molar-refractivity contribution in [2.24, 2.45) is 0 Å². The Morgan fingerprint density at radius 2 is 1.71 bits per heavy atom. The van der Waals surface area contributed by atoms with Gasteiger partial charge in [0.2, 0.25) is 0 Å². The van der Waals surface area contributed by atoms with E-state index in [1.54, 1.807) is 61.5 Å². The molecule has 0 aromatic heterocycles. The van der Waals surface area contributed by atoms with Crippen molar-refractivity contribution >= 4 is 29.3 Å². The van der Waals surface area contributed by atoms with Crippen LogP contribution in [0.4, 0.5) is 4.79 Å². The second-order valence-electron chi connectivity index (χ2n) is 5.72. The average molecular weight is 343 g/mol. The fraction of sp³-hybridized carbons (Fsp3) is 0.167. The highest BCUT2D eigenvalue weighted by molar-refractivity contribution is 6.32. The second-order valence-corrected chi connectivity index (χ2v) is 6.12. The summed E-state index contributed by atoms with van der Waals surface area (Å²) in [5.41, 5.74) is -0.337. The fourth-order valence-electron chi connectivity index (χ4n) is 2.75. The van der Waals surface area contributed by atoms with Crippen molar-refractivity contribution in [3.63, 3.8) is 0 Å². The Hall–Kier alpha value is -2.66. The lowest BCUT2D eigenvalue weighted by atomic mass is 9.92. The van der Waals surface area contributed by atoms with Gasteiger partial charge < -0.3 is 5.32 Å². The molecule has 1 fully saturated rings. The molecule has 0 unspecified atom stereocenters. The van der Waals surface area contributed by atoms with Gasteiger partial charge in [-0.15, -0.1) is 0 Å². The molecule has 0 spiro atoms. The summed E-state index contributed by atoms with van der Waals surface area (Å²) >= 11 is 6.17. The van der Waals surface area contributed by atoms with Crippen molar-refractivity contribution in [1.29, 1.82) is 0 Å². The molecule has 1 atom stereocenters. The molecule has 1 heterocycles. The molecule has 6 heteroatoms. The van der Waals surface area contributed by atoms with Crippen LogP contribution in [0.25, 0.3) is 0 Å². The van der Waals surface area contributed by atoms with Crippen molar-refractivity contribution < 1.29 is 14.4 Å². The number of Topliss-reactive ketones (excluding diaryl/α,β-unsaturated/α-hetero) is 1. The normalized spacial score (nSPS) is 20.2. The van der Waals surface area contributed by atoms with Gasteiger partial charge in [0.25, 0.3) is 5.91 Å². The summed E-state index contributed by atoms with van der Waals surface area (Å²) in [6, 6.07) is 14.8. The maximum Gasteiger partial charge on any atom is 0.325 e. The number of amides is 3. The molecule has 0 radical (unpaired) electrons. The van der Waals surface area contributed by atoms with Crippen molar-refractivity contribution in [2.45, 2.75) is 12.5 Å². The van der Waals surface area contributed by atoms with Gasteiger partial charge in [-0.3, -0.25) is 14.5 Å². The molecule has 5 nitrogen and oxygen atoms in total. The Kier molecular flexibility index (Phi) is 4.11. The lowest BCUT2D eigenvalue weighted by molar-refractivity contribution is -0.130. The molecule has 1 saturated heterocycles. The first-order valence-electron chi connectivity index (χ1n) is 7.41. The summed E-state index contributed by atoms with van der Waals surface area (Å²) < 4.78 is 0. The van der Waals surface area contributed by atoms with Crippen molar-refractivity contribution in [2.75, 3.05) is 6.54 Å². The van der Waals surface area contributed by atoms with E-state index in [9.17, 15) is 14.4 Å². The predicted molar refractivity (Wildman–Crippen MR) is 89.8 cm³/mol. The Morgan fingerprint density at radius 3 is 2.38 bits per heavy atom. The number of ketones is 1. The van der Waals surface area contributed by atoms with E-state index in [0.29, 0.717) is 16.1 Å². The SMILES string of the molecule is C[C@@]1(c2ccccc2Cl)NC(=O)N(CC(=O)c2ccccc2)C1=O. The van der Waals surface area contributed by atoms with Crippen LogP contribution < -0.4 is 5.32 Å². The van der Waals surface area contributed by atoms with E-state index in [1.807, 2.05) is 0 Å². The highest BCUT2D eigenvalue weighted by Gasteiger charge is 2.50. The van der Waals surface area contributed by atoms with E-state index in [1.165, 1.54) is 0 Å². The molecule has 0 bridgehead atoms. The standard InChI is InChI=1S/C18H15ClN2O3/c1-18(13-9-5-6-10-14(13)19)16(23)21(17(24)20-18)11-15(22)12-7-3-2-4-8-12/h2-10H,11H2,1H3,(H,20,24)/t18-/m0/s1. The van der Waals surface area contributed by atoms with Crippen LogP contribution in [-0.2, 0) is 10.3 Å². The third-order valence-corrected chi connectivity index (χ3v) is 4.41. The molecular weight excluding hydrogens is 328 g/mol. The number of nitrogens with one attached hydrogen (secondary N) is 1. The summed E-state index contributed by atoms with van der Waals surface area (Å²) in [7, 11) is 0. The average Bonchev–Trinajstić information content (AvgIpc) is 2.80. The Bertz CT molecular complexity index is 822. The minimum Gasteiger partial charge on any atom is -0.319 e. The third-order valence-electron chi connectivity index (χ3n) is 4.08. The highest BCUT2D eigenvalue weighted by Crippen LogP contribution is 2.33. The molecule has 2 aromatic rings. The minimum absolute atomic E-state index is 0.303. The van der Waals surface area contributed by atoms with Gasteiger partial charge in [0.05, 0.1) is 6.54 Å². The van der Waals surface area contributed by atoms with Gasteiger partial charge in [0.1, 0.15) is 5.54 Å². The summed E-state index contributed by atoms with van der Waals surface area (Å²) in [5, 5.41) is 3.02. The molecule has 24 heavy (non-hydrogen) atoms. The minimum atomic E-state index is -1.29. The van der Waals surface area contributed by atoms with Gasteiger partial charge in [-0.05, 0) is 13.0 Å². The lowest BCUT2D eigenvalue weighted by Crippen LogP contribution is -2.41. The van der Waals surface area contributed by atoms with Crippen LogP contribution in [0.1, 0.15) is 22.8 Å². The van der Waals surface area contributed by atoms with Gasteiger partial charge in [-0.25, -0.2) is 4.79 Å². The highest BCUT2D eigenvalue weighted by atomic mass is 35.5. The first-order chi connectivity index (χ1) is 11.4. The number of imide groups is 1. The number of hydrogen-bond acceptors (Lipinski definition) is 3. The summed E-state index contributed by atoms with van der Waals surface area (Å²) in [4.78, 5) is 38.3. The van der Waals surface area contributed by atoms with E-state index in [2.05, 4.69) is 5.32 Å². The van der Waals surface area contributed by atoms with Crippen LogP contribution in [0, 0.1) is 0 Å². The maximum absolute atomic E-state index is 12.8. The van der Waals surface area contributed by atoms with Crippen molar-refractivity contribution in [3.8, 4) is 0 Å². The first kappa shape index (κ1) is 16.2. The molecule has 3 rings (SSSR count). The zero-order valence-electron chi connectivity index (χ0n) is 13.0. The quantitative estimate of drug-likeness (QED) is 0.686. The zero-order valence-corrected chi connectivity index (χ0v) is 13.7. The van der Waals surface area contributed by atoms with E-state index < -0.39 is 17.5 Å². The van der Waals surface area contributed by atoms with E-state index in [-0.39, 0.29) is 12.3 Å². The summed E-state index contributed by atoms with van der Waals surface area (Å²) in [6.45, 7) is 1.27. The Morgan fingerprint density at radius 1 is 1.08 bits per heavy atom. The van der Waals surface area contributed by atoms with Crippen LogP contribution in [0.5, 0.6) is 0 Å². The number of nitrogens with zero attached hydrogens (tertiary/aromatic N) is 1. The lowest BCUT2D eigenvalue weighted by Gasteiger charge is -2.23. The molecule has 0 aliphatic carbocycles. The van der Waals surface area contributed by atoms with Gasteiger partial charge in [-0.2, -0.15) is 0 Å². The van der Waals surface area contributed by atoms with Gasteiger partial charge >= 0.3 is 6.03 Å². The first-order valence-corrected chi connectivity index (χ1v) is 7.78. The zero-order chi connectivity index (χ0) is 17.3. The Balaban J connectivity index is 1.87. The van der Waals surface area contributed by atoms with E-state index in [0.717, 1.165) is 4.90 Å². The topological polar surface area (TPSA) is 66.5 Å². The number of hydrogen-bond donors (Lipinski definition) is 1. The molecule has 1 aliphatic heterocycles. The van der Waals surface area contributed by atoms with Crippen LogP contribution in [0.15, 0.2) is 54.6 Å². The monoisotopic (exact) mass is 342 g/mol. The summed E-state index contributed by atoms with van der Waals surface area (Å²) in [6.07, 6.45) is 0. The molecule has 0 saturated carbocycles. The van der Waals surface area contributed by atoms with Crippen LogP contribution in [0.2, 0.25) is 5.02 Å². The van der Waals surface area contributed by atoms with Gasteiger partial charge in [0.15, 0.2) is 5.78 Å². The van der Waals surface area contributed by atoms with E-state index >= 15 is 0 Å².